The average Bonchev–Trinajstić information content (AvgIpc) is 2.92. The van der Waals surface area contributed by atoms with Crippen LogP contribution in [0.2, 0.25) is 0 Å². The molecule has 5 nitrogen and oxygen atoms in total. The fraction of sp³-hybridized carbons (Fsp3) is 0.412. The van der Waals surface area contributed by atoms with Crippen LogP contribution in [0.25, 0.3) is 10.6 Å². The number of methoxy groups -OCH3 is 2. The Bertz CT molecular complexity index is 655. The summed E-state index contributed by atoms with van der Waals surface area (Å²) >= 11 is 1.55. The lowest BCUT2D eigenvalue weighted by molar-refractivity contribution is -0.120. The first-order valence-corrected chi connectivity index (χ1v) is 8.32. The monoisotopic (exact) mass is 334 g/mol. The third kappa shape index (κ3) is 5.04. The Labute approximate surface area is 140 Å². The number of thiazole rings is 1. The van der Waals surface area contributed by atoms with E-state index in [1.165, 1.54) is 0 Å². The molecular weight excluding hydrogens is 312 g/mol. The van der Waals surface area contributed by atoms with Gasteiger partial charge in [-0.15, -0.1) is 11.3 Å². The molecule has 0 aliphatic heterocycles. The Morgan fingerprint density at radius 3 is 2.91 bits per heavy atom. The van der Waals surface area contributed by atoms with Gasteiger partial charge in [0.1, 0.15) is 10.8 Å². The second-order valence-electron chi connectivity index (χ2n) is 5.13. The quantitative estimate of drug-likeness (QED) is 0.754. The molecule has 0 aliphatic carbocycles. The first-order valence-electron chi connectivity index (χ1n) is 7.50. The number of hydrogen-bond donors (Lipinski definition) is 1. The second-order valence-corrected chi connectivity index (χ2v) is 6.22. The Kier molecular flexibility index (Phi) is 6.55. The molecule has 1 aromatic heterocycles. The van der Waals surface area contributed by atoms with Crippen molar-refractivity contribution in [3.05, 3.63) is 34.8 Å². The SMILES string of the molecule is COCCCNC(=O)Cc1sc(-c2cccc(OC)c2)nc1C. The predicted octanol–water partition coefficient (Wildman–Crippen LogP) is 2.82. The molecule has 23 heavy (non-hydrogen) atoms. The normalized spacial score (nSPS) is 10.6. The molecule has 0 unspecified atom stereocenters. The molecule has 1 heterocycles. The van der Waals surface area contributed by atoms with Gasteiger partial charge in [0.25, 0.3) is 0 Å². The number of aryl methyl sites for hydroxylation is 1. The summed E-state index contributed by atoms with van der Waals surface area (Å²) in [7, 11) is 3.30. The number of nitrogens with one attached hydrogen (secondary N) is 1. The number of nitrogens with zero attached hydrogens (tertiary/aromatic N) is 1. The Morgan fingerprint density at radius 1 is 1.35 bits per heavy atom. The first-order chi connectivity index (χ1) is 11.1. The number of amides is 1. The summed E-state index contributed by atoms with van der Waals surface area (Å²) in [6.07, 6.45) is 1.18. The zero-order chi connectivity index (χ0) is 16.7. The molecule has 1 aromatic carbocycles. The minimum Gasteiger partial charge on any atom is -0.497 e. The maximum atomic E-state index is 12.0. The molecule has 0 saturated heterocycles. The van der Waals surface area contributed by atoms with E-state index in [-0.39, 0.29) is 5.91 Å². The average molecular weight is 334 g/mol. The highest BCUT2D eigenvalue weighted by molar-refractivity contribution is 7.15. The summed E-state index contributed by atoms with van der Waals surface area (Å²) in [5, 5.41) is 3.81. The van der Waals surface area contributed by atoms with Gasteiger partial charge in [0.15, 0.2) is 0 Å². The van der Waals surface area contributed by atoms with Gasteiger partial charge in [0.2, 0.25) is 5.91 Å². The lowest BCUT2D eigenvalue weighted by Gasteiger charge is -2.03. The maximum Gasteiger partial charge on any atom is 0.225 e. The van der Waals surface area contributed by atoms with Crippen molar-refractivity contribution in [1.29, 1.82) is 0 Å². The molecule has 2 rings (SSSR count). The van der Waals surface area contributed by atoms with Gasteiger partial charge in [0, 0.05) is 30.7 Å². The Morgan fingerprint density at radius 2 is 2.17 bits per heavy atom. The van der Waals surface area contributed by atoms with E-state index in [9.17, 15) is 4.79 Å². The largest absolute Gasteiger partial charge is 0.497 e. The van der Waals surface area contributed by atoms with Crippen molar-refractivity contribution < 1.29 is 14.3 Å². The molecular formula is C17H22N2O3S. The number of carbonyl (C=O) groups is 1. The highest BCUT2D eigenvalue weighted by atomic mass is 32.1. The third-order valence-electron chi connectivity index (χ3n) is 3.38. The summed E-state index contributed by atoms with van der Waals surface area (Å²) in [5.41, 5.74) is 1.91. The van der Waals surface area contributed by atoms with Gasteiger partial charge >= 0.3 is 0 Å². The van der Waals surface area contributed by atoms with Gasteiger partial charge < -0.3 is 14.8 Å². The molecule has 1 amide bonds. The van der Waals surface area contributed by atoms with Crippen molar-refractivity contribution in [2.45, 2.75) is 19.8 Å². The lowest BCUT2D eigenvalue weighted by atomic mass is 10.2. The fourth-order valence-electron chi connectivity index (χ4n) is 2.12. The number of ether oxygens (including phenoxy) is 2. The summed E-state index contributed by atoms with van der Waals surface area (Å²) < 4.78 is 10.2. The third-order valence-corrected chi connectivity index (χ3v) is 4.58. The molecule has 0 spiro atoms. The molecule has 0 fully saturated rings. The molecule has 2 aromatic rings. The standard InChI is InChI=1S/C17H22N2O3S/c1-12-15(11-16(20)18-8-5-9-21-2)23-17(19-12)13-6-4-7-14(10-13)22-3/h4,6-7,10H,5,8-9,11H2,1-3H3,(H,18,20). The molecule has 0 bridgehead atoms. The van der Waals surface area contributed by atoms with Crippen LogP contribution in [0.15, 0.2) is 24.3 Å². The molecule has 6 heteroatoms. The van der Waals surface area contributed by atoms with Crippen molar-refractivity contribution >= 4 is 17.2 Å². The summed E-state index contributed by atoms with van der Waals surface area (Å²) in [6.45, 7) is 3.22. The van der Waals surface area contributed by atoms with Crippen LogP contribution in [0.5, 0.6) is 5.75 Å². The maximum absolute atomic E-state index is 12.0. The highest BCUT2D eigenvalue weighted by Crippen LogP contribution is 2.30. The molecule has 124 valence electrons. The van der Waals surface area contributed by atoms with Crippen LogP contribution >= 0.6 is 11.3 Å². The lowest BCUT2D eigenvalue weighted by Crippen LogP contribution is -2.26. The van der Waals surface area contributed by atoms with Crippen LogP contribution in [0, 0.1) is 6.92 Å². The van der Waals surface area contributed by atoms with Crippen LogP contribution in [0.3, 0.4) is 0 Å². The van der Waals surface area contributed by atoms with Crippen LogP contribution < -0.4 is 10.1 Å². The van der Waals surface area contributed by atoms with Crippen molar-refractivity contribution in [3.8, 4) is 16.3 Å². The number of rotatable bonds is 8. The molecule has 0 aliphatic rings. The topological polar surface area (TPSA) is 60.5 Å². The van der Waals surface area contributed by atoms with Crippen molar-refractivity contribution in [2.24, 2.45) is 0 Å². The van der Waals surface area contributed by atoms with Crippen LogP contribution in [0.4, 0.5) is 0 Å². The van der Waals surface area contributed by atoms with Gasteiger partial charge in [0.05, 0.1) is 19.2 Å². The van der Waals surface area contributed by atoms with Gasteiger partial charge in [-0.25, -0.2) is 4.98 Å². The zero-order valence-corrected chi connectivity index (χ0v) is 14.5. The first kappa shape index (κ1) is 17.4. The Hall–Kier alpha value is -1.92. The fourth-order valence-corrected chi connectivity index (χ4v) is 3.18. The van der Waals surface area contributed by atoms with E-state index >= 15 is 0 Å². The van der Waals surface area contributed by atoms with E-state index in [1.54, 1.807) is 25.6 Å². The van der Waals surface area contributed by atoms with Gasteiger partial charge in [-0.1, -0.05) is 12.1 Å². The van der Waals surface area contributed by atoms with E-state index in [4.69, 9.17) is 9.47 Å². The Balaban J connectivity index is 2.01. The van der Waals surface area contributed by atoms with E-state index in [0.717, 1.165) is 33.3 Å². The van der Waals surface area contributed by atoms with E-state index in [1.807, 2.05) is 31.2 Å². The van der Waals surface area contributed by atoms with Crippen LogP contribution in [-0.2, 0) is 16.0 Å². The smallest absolute Gasteiger partial charge is 0.225 e. The van der Waals surface area contributed by atoms with Gasteiger partial charge in [-0.3, -0.25) is 4.79 Å². The highest BCUT2D eigenvalue weighted by Gasteiger charge is 2.13. The zero-order valence-electron chi connectivity index (χ0n) is 13.7. The number of carbonyl (C=O) groups excluding carboxylic acids is 1. The predicted molar refractivity (Wildman–Crippen MR) is 92.0 cm³/mol. The van der Waals surface area contributed by atoms with E-state index < -0.39 is 0 Å². The van der Waals surface area contributed by atoms with Gasteiger partial charge in [-0.05, 0) is 25.5 Å². The molecule has 1 N–H and O–H groups in total. The van der Waals surface area contributed by atoms with E-state index in [2.05, 4.69) is 10.3 Å². The number of aromatic nitrogens is 1. The molecule has 0 radical (unpaired) electrons. The van der Waals surface area contributed by atoms with Crippen molar-refractivity contribution in [3.63, 3.8) is 0 Å². The minimum absolute atomic E-state index is 0.0186. The minimum atomic E-state index is 0.0186. The number of benzene rings is 1. The summed E-state index contributed by atoms with van der Waals surface area (Å²) in [5.74, 6) is 0.817. The van der Waals surface area contributed by atoms with E-state index in [0.29, 0.717) is 19.6 Å². The summed E-state index contributed by atoms with van der Waals surface area (Å²) in [4.78, 5) is 17.6. The summed E-state index contributed by atoms with van der Waals surface area (Å²) in [6, 6.07) is 7.79. The van der Waals surface area contributed by atoms with Crippen LogP contribution in [0.1, 0.15) is 17.0 Å². The second kappa shape index (κ2) is 8.64. The number of hydrogen-bond acceptors (Lipinski definition) is 5. The van der Waals surface area contributed by atoms with Crippen molar-refractivity contribution in [2.75, 3.05) is 27.4 Å². The van der Waals surface area contributed by atoms with Crippen LogP contribution in [-0.4, -0.2) is 38.3 Å². The van der Waals surface area contributed by atoms with Gasteiger partial charge in [-0.2, -0.15) is 0 Å². The molecule has 0 atom stereocenters. The van der Waals surface area contributed by atoms with Crippen molar-refractivity contribution in [1.82, 2.24) is 10.3 Å². The molecule has 0 saturated carbocycles.